The van der Waals surface area contributed by atoms with Gasteiger partial charge in [0, 0.05) is 10.8 Å². The molecule has 0 aliphatic carbocycles. The van der Waals surface area contributed by atoms with Gasteiger partial charge in [-0.05, 0) is 108 Å². The van der Waals surface area contributed by atoms with Gasteiger partial charge in [-0.1, -0.05) is 72.8 Å². The maximum absolute atomic E-state index is 14.9. The maximum atomic E-state index is 14.9. The van der Waals surface area contributed by atoms with Crippen molar-refractivity contribution in [3.63, 3.8) is 0 Å². The minimum Gasteiger partial charge on any atom is -0.457 e. The lowest BCUT2D eigenvalue weighted by atomic mass is 9.73. The highest BCUT2D eigenvalue weighted by Crippen LogP contribution is 2.56. The van der Waals surface area contributed by atoms with E-state index in [9.17, 15) is 26.3 Å². The van der Waals surface area contributed by atoms with Gasteiger partial charge in [0.25, 0.3) is 0 Å². The molecular weight excluding hydrogens is 614 g/mol. The van der Waals surface area contributed by atoms with Crippen molar-refractivity contribution in [1.82, 2.24) is 0 Å². The van der Waals surface area contributed by atoms with E-state index in [4.69, 9.17) is 9.47 Å². The molecule has 0 unspecified atom stereocenters. The van der Waals surface area contributed by atoms with Crippen molar-refractivity contribution < 1.29 is 35.8 Å². The van der Waals surface area contributed by atoms with Crippen molar-refractivity contribution in [1.29, 1.82) is 0 Å². The zero-order chi connectivity index (χ0) is 33.7. The normalized spacial score (nSPS) is 12.5. The molecule has 0 saturated heterocycles. The first-order valence-corrected chi connectivity index (χ1v) is 14.9. The minimum atomic E-state index is -5.73. The monoisotopic (exact) mass is 644 g/mol. The molecule has 0 fully saturated rings. The van der Waals surface area contributed by atoms with Crippen molar-refractivity contribution in [2.45, 2.75) is 45.5 Å². The number of halogens is 6. The van der Waals surface area contributed by atoms with E-state index in [0.717, 1.165) is 92.3 Å². The number of benzene rings is 6. The lowest BCUT2D eigenvalue weighted by Crippen LogP contribution is -2.54. The fourth-order valence-corrected chi connectivity index (χ4v) is 6.50. The largest absolute Gasteiger partial charge is 0.457 e. The Morgan fingerprint density at radius 3 is 1.09 bits per heavy atom. The van der Waals surface area contributed by atoms with Gasteiger partial charge in [0.2, 0.25) is 5.41 Å². The van der Waals surface area contributed by atoms with Crippen molar-refractivity contribution in [2.24, 2.45) is 0 Å². The van der Waals surface area contributed by atoms with Gasteiger partial charge in [0.1, 0.15) is 23.0 Å². The Morgan fingerprint density at radius 1 is 0.404 bits per heavy atom. The van der Waals surface area contributed by atoms with E-state index in [2.05, 4.69) is 0 Å². The number of hydrogen-bond donors (Lipinski definition) is 0. The average molecular weight is 645 g/mol. The first-order valence-electron chi connectivity index (χ1n) is 14.9. The smallest absolute Gasteiger partial charge is 0.411 e. The molecule has 0 amide bonds. The molecule has 240 valence electrons. The van der Waals surface area contributed by atoms with Crippen molar-refractivity contribution >= 4 is 21.5 Å². The van der Waals surface area contributed by atoms with E-state index in [0.29, 0.717) is 11.5 Å². The maximum Gasteiger partial charge on any atom is 0.411 e. The van der Waals surface area contributed by atoms with Crippen molar-refractivity contribution in [2.75, 3.05) is 0 Å². The molecule has 0 aliphatic rings. The zero-order valence-corrected chi connectivity index (χ0v) is 26.0. The second-order valence-corrected chi connectivity index (χ2v) is 11.8. The highest BCUT2D eigenvalue weighted by atomic mass is 19.4. The molecule has 0 heterocycles. The fraction of sp³-hybridized carbons (Fsp3) is 0.179. The fourth-order valence-electron chi connectivity index (χ4n) is 6.50. The summed E-state index contributed by atoms with van der Waals surface area (Å²) >= 11 is 0. The molecule has 8 heteroatoms. The number of ether oxygens (including phenoxy) is 2. The molecular formula is C39H30F6O2. The molecule has 0 bridgehead atoms. The van der Waals surface area contributed by atoms with Gasteiger partial charge in [-0.2, -0.15) is 26.3 Å². The predicted octanol–water partition coefficient (Wildman–Crippen LogP) is 12.2. The van der Waals surface area contributed by atoms with E-state index < -0.39 is 28.9 Å². The molecule has 2 nitrogen and oxygen atoms in total. The van der Waals surface area contributed by atoms with Crippen LogP contribution >= 0.6 is 0 Å². The SMILES string of the molecule is Cc1cccc2c(Oc3ccc(C(c4ccc(Oc5ccc(C)c6c(C)cccc56)cc4)(C(F)(F)F)C(F)(F)F)cc3)ccc(C)c12. The number of fused-ring (bicyclic) bond motifs is 2. The van der Waals surface area contributed by atoms with Crippen LogP contribution in [0.3, 0.4) is 0 Å². The second kappa shape index (κ2) is 11.7. The third kappa shape index (κ3) is 5.45. The molecule has 0 aromatic heterocycles. The molecule has 0 N–H and O–H groups in total. The third-order valence-electron chi connectivity index (χ3n) is 8.72. The average Bonchev–Trinajstić information content (AvgIpc) is 3.00. The van der Waals surface area contributed by atoms with Crippen molar-refractivity contribution in [3.8, 4) is 23.0 Å². The van der Waals surface area contributed by atoms with Crippen LogP contribution in [0.1, 0.15) is 33.4 Å². The van der Waals surface area contributed by atoms with Crippen LogP contribution in [0.2, 0.25) is 0 Å². The van der Waals surface area contributed by atoms with Crippen LogP contribution in [0, 0.1) is 27.7 Å². The first kappa shape index (κ1) is 32.0. The molecule has 0 atom stereocenters. The zero-order valence-electron chi connectivity index (χ0n) is 26.0. The van der Waals surface area contributed by atoms with Gasteiger partial charge >= 0.3 is 12.4 Å². The van der Waals surface area contributed by atoms with E-state index in [1.54, 1.807) is 12.1 Å². The summed E-state index contributed by atoms with van der Waals surface area (Å²) in [6.07, 6.45) is -11.5. The molecule has 0 saturated carbocycles. The Bertz CT molecular complexity index is 1920. The third-order valence-corrected chi connectivity index (χ3v) is 8.72. The van der Waals surface area contributed by atoms with Crippen molar-refractivity contribution in [3.05, 3.63) is 143 Å². The highest BCUT2D eigenvalue weighted by molar-refractivity contribution is 5.94. The lowest BCUT2D eigenvalue weighted by molar-refractivity contribution is -0.288. The van der Waals surface area contributed by atoms with Crippen LogP contribution in [-0.4, -0.2) is 12.4 Å². The summed E-state index contributed by atoms with van der Waals surface area (Å²) in [5.41, 5.74) is -2.22. The topological polar surface area (TPSA) is 18.5 Å². The molecule has 47 heavy (non-hydrogen) atoms. The highest BCUT2D eigenvalue weighted by Gasteiger charge is 2.72. The van der Waals surface area contributed by atoms with Crippen LogP contribution in [0.15, 0.2) is 109 Å². The van der Waals surface area contributed by atoms with Crippen LogP contribution in [-0.2, 0) is 5.41 Å². The Morgan fingerprint density at radius 2 is 0.745 bits per heavy atom. The number of aryl methyl sites for hydroxylation is 4. The molecule has 6 aromatic rings. The van der Waals surface area contributed by atoms with E-state index in [-0.39, 0.29) is 11.5 Å². The number of rotatable bonds is 6. The van der Waals surface area contributed by atoms with Crippen LogP contribution < -0.4 is 9.47 Å². The van der Waals surface area contributed by atoms with E-state index in [1.165, 1.54) is 0 Å². The van der Waals surface area contributed by atoms with Crippen LogP contribution in [0.25, 0.3) is 21.5 Å². The quantitative estimate of drug-likeness (QED) is 0.168. The minimum absolute atomic E-state index is 0.1000. The Balaban J connectivity index is 1.37. The van der Waals surface area contributed by atoms with Gasteiger partial charge in [0.15, 0.2) is 0 Å². The molecule has 0 aliphatic heterocycles. The summed E-state index contributed by atoms with van der Waals surface area (Å²) in [6, 6.07) is 26.3. The molecule has 6 aromatic carbocycles. The summed E-state index contributed by atoms with van der Waals surface area (Å²) in [5.74, 6) is 1.07. The summed E-state index contributed by atoms with van der Waals surface area (Å²) in [4.78, 5) is 0. The van der Waals surface area contributed by atoms with E-state index >= 15 is 0 Å². The Labute approximate surface area is 268 Å². The second-order valence-electron chi connectivity index (χ2n) is 11.8. The Kier molecular flexibility index (Phi) is 7.94. The summed E-state index contributed by atoms with van der Waals surface area (Å²) in [7, 11) is 0. The summed E-state index contributed by atoms with van der Waals surface area (Å²) in [5, 5.41) is 3.50. The molecule has 6 rings (SSSR count). The van der Waals surface area contributed by atoms with Gasteiger partial charge in [-0.15, -0.1) is 0 Å². The van der Waals surface area contributed by atoms with Gasteiger partial charge in [-0.25, -0.2) is 0 Å². The molecule has 0 radical (unpaired) electrons. The van der Waals surface area contributed by atoms with Crippen LogP contribution in [0.5, 0.6) is 23.0 Å². The van der Waals surface area contributed by atoms with Gasteiger partial charge < -0.3 is 9.47 Å². The van der Waals surface area contributed by atoms with E-state index in [1.807, 2.05) is 76.2 Å². The number of hydrogen-bond acceptors (Lipinski definition) is 2. The first-order chi connectivity index (χ1) is 22.2. The predicted molar refractivity (Wildman–Crippen MR) is 173 cm³/mol. The van der Waals surface area contributed by atoms with Crippen LogP contribution in [0.4, 0.5) is 26.3 Å². The number of alkyl halides is 6. The Hall–Kier alpha value is -4.98. The lowest BCUT2D eigenvalue weighted by Gasteiger charge is -2.38. The summed E-state index contributed by atoms with van der Waals surface area (Å²) in [6.45, 7) is 7.80. The van der Waals surface area contributed by atoms with Gasteiger partial charge in [-0.3, -0.25) is 0 Å². The summed E-state index contributed by atoms with van der Waals surface area (Å²) < 4.78 is 101. The molecule has 0 spiro atoms. The standard InChI is InChI=1S/C39H30F6O2/c1-23-7-5-9-31-33(21-11-25(3)35(23)31)46-29-17-13-27(14-18-29)37(38(40,41)42,39(43,44)45)28-15-19-30(20-16-28)47-34-22-12-26(4)36-24(2)8-6-10-32(34)36/h5-22H,1-4H3. The van der Waals surface area contributed by atoms with Gasteiger partial charge in [0.05, 0.1) is 0 Å².